The number of rotatable bonds is 8. The average molecular weight is 397 g/mol. The maximum absolute atomic E-state index is 12.9. The quantitative estimate of drug-likeness (QED) is 0.590. The number of aromatic nitrogens is 4. The Kier molecular flexibility index (Phi) is 5.92. The molecule has 0 bridgehead atoms. The lowest BCUT2D eigenvalue weighted by Crippen LogP contribution is -2.32. The maximum atomic E-state index is 12.9. The van der Waals surface area contributed by atoms with Crippen LogP contribution in [-0.2, 0) is 27.4 Å². The van der Waals surface area contributed by atoms with Gasteiger partial charge in [0.2, 0.25) is 5.91 Å². The molecule has 1 saturated heterocycles. The van der Waals surface area contributed by atoms with Gasteiger partial charge in [0.1, 0.15) is 11.8 Å². The van der Waals surface area contributed by atoms with Crippen molar-refractivity contribution in [1.82, 2.24) is 24.5 Å². The van der Waals surface area contributed by atoms with Gasteiger partial charge in [-0.05, 0) is 38.0 Å². The Labute approximate surface area is 169 Å². The molecule has 1 fully saturated rings. The third kappa shape index (κ3) is 4.18. The van der Waals surface area contributed by atoms with Crippen molar-refractivity contribution < 1.29 is 14.3 Å². The predicted molar refractivity (Wildman–Crippen MR) is 107 cm³/mol. The number of hydrogen-bond donors (Lipinski definition) is 1. The van der Waals surface area contributed by atoms with Gasteiger partial charge >= 0.3 is 0 Å². The minimum atomic E-state index is -0.275. The van der Waals surface area contributed by atoms with Crippen molar-refractivity contribution in [2.45, 2.75) is 39.0 Å². The molecule has 3 aromatic heterocycles. The van der Waals surface area contributed by atoms with Crippen LogP contribution in [0.3, 0.4) is 0 Å². The molecule has 1 aliphatic rings. The van der Waals surface area contributed by atoms with Crippen LogP contribution >= 0.6 is 0 Å². The Morgan fingerprint density at radius 2 is 2.28 bits per heavy atom. The van der Waals surface area contributed by atoms with Crippen LogP contribution in [0, 0.1) is 12.8 Å². The van der Waals surface area contributed by atoms with Gasteiger partial charge in [-0.25, -0.2) is 4.98 Å². The second-order valence-electron chi connectivity index (χ2n) is 7.36. The van der Waals surface area contributed by atoms with E-state index in [0.29, 0.717) is 26.2 Å². The summed E-state index contributed by atoms with van der Waals surface area (Å²) in [4.78, 5) is 17.5. The fourth-order valence-electron chi connectivity index (χ4n) is 3.87. The summed E-state index contributed by atoms with van der Waals surface area (Å²) in [6, 6.07) is 7.92. The van der Waals surface area contributed by atoms with Gasteiger partial charge in [0.15, 0.2) is 0 Å². The van der Waals surface area contributed by atoms with Crippen molar-refractivity contribution in [2.75, 3.05) is 20.3 Å². The Bertz CT molecular complexity index is 980. The summed E-state index contributed by atoms with van der Waals surface area (Å²) in [6.45, 7) is 4.42. The predicted octanol–water partition coefficient (Wildman–Crippen LogP) is 2.27. The summed E-state index contributed by atoms with van der Waals surface area (Å²) in [7, 11) is 1.69. The second kappa shape index (κ2) is 8.75. The van der Waals surface area contributed by atoms with E-state index in [1.165, 1.54) is 0 Å². The number of amides is 1. The van der Waals surface area contributed by atoms with Gasteiger partial charge in [-0.3, -0.25) is 9.48 Å². The topological polar surface area (TPSA) is 82.7 Å². The van der Waals surface area contributed by atoms with Crippen molar-refractivity contribution in [1.29, 1.82) is 0 Å². The first-order valence-electron chi connectivity index (χ1n) is 10.0. The SMILES string of the molecule is COCCCn1nccc1[C@H]1OCC[C@@H]1C(=O)NCc1cn2c(C)cccc2n1. The Hall–Kier alpha value is -2.71. The third-order valence-electron chi connectivity index (χ3n) is 5.38. The van der Waals surface area contributed by atoms with Gasteiger partial charge in [0.05, 0.1) is 23.9 Å². The summed E-state index contributed by atoms with van der Waals surface area (Å²) >= 11 is 0. The van der Waals surface area contributed by atoms with Crippen LogP contribution in [0.4, 0.5) is 0 Å². The number of carbonyl (C=O) groups excluding carboxylic acids is 1. The van der Waals surface area contributed by atoms with Crippen LogP contribution in [0.1, 0.15) is 36.0 Å². The molecule has 0 aliphatic carbocycles. The van der Waals surface area contributed by atoms with E-state index in [1.807, 2.05) is 46.5 Å². The molecule has 3 aromatic rings. The van der Waals surface area contributed by atoms with E-state index in [4.69, 9.17) is 9.47 Å². The average Bonchev–Trinajstić information content (AvgIpc) is 3.45. The molecule has 29 heavy (non-hydrogen) atoms. The molecule has 1 N–H and O–H groups in total. The van der Waals surface area contributed by atoms with Crippen molar-refractivity contribution in [2.24, 2.45) is 5.92 Å². The number of imidazole rings is 1. The second-order valence-corrected chi connectivity index (χ2v) is 7.36. The van der Waals surface area contributed by atoms with E-state index in [9.17, 15) is 4.79 Å². The van der Waals surface area contributed by atoms with Crippen LogP contribution < -0.4 is 5.32 Å². The molecule has 0 radical (unpaired) electrons. The largest absolute Gasteiger partial charge is 0.385 e. The maximum Gasteiger partial charge on any atom is 0.226 e. The zero-order valence-electron chi connectivity index (χ0n) is 16.9. The molecule has 0 unspecified atom stereocenters. The first-order chi connectivity index (χ1) is 14.2. The summed E-state index contributed by atoms with van der Waals surface area (Å²) in [5.74, 6) is -0.238. The van der Waals surface area contributed by atoms with Crippen molar-refractivity contribution in [3.05, 3.63) is 53.7 Å². The summed E-state index contributed by atoms with van der Waals surface area (Å²) in [5, 5.41) is 7.43. The molecule has 1 aliphatic heterocycles. The van der Waals surface area contributed by atoms with E-state index in [-0.39, 0.29) is 17.9 Å². The number of pyridine rings is 1. The monoisotopic (exact) mass is 397 g/mol. The highest BCUT2D eigenvalue weighted by molar-refractivity contribution is 5.79. The molecule has 8 nitrogen and oxygen atoms in total. The fourth-order valence-corrected chi connectivity index (χ4v) is 3.87. The van der Waals surface area contributed by atoms with Crippen LogP contribution in [0.15, 0.2) is 36.7 Å². The molecule has 4 heterocycles. The highest BCUT2D eigenvalue weighted by Gasteiger charge is 2.37. The van der Waals surface area contributed by atoms with Gasteiger partial charge < -0.3 is 19.2 Å². The first kappa shape index (κ1) is 19.6. The van der Waals surface area contributed by atoms with Gasteiger partial charge in [-0.15, -0.1) is 0 Å². The Balaban J connectivity index is 1.41. The first-order valence-corrected chi connectivity index (χ1v) is 10.0. The molecule has 8 heteroatoms. The normalized spacial score (nSPS) is 19.1. The third-order valence-corrected chi connectivity index (χ3v) is 5.38. The molecule has 4 rings (SSSR count). The number of fused-ring (bicyclic) bond motifs is 1. The van der Waals surface area contributed by atoms with Crippen LogP contribution in [0.2, 0.25) is 0 Å². The zero-order chi connectivity index (χ0) is 20.2. The molecule has 1 amide bonds. The number of aryl methyl sites for hydroxylation is 2. The van der Waals surface area contributed by atoms with Crippen molar-refractivity contribution in [3.63, 3.8) is 0 Å². The van der Waals surface area contributed by atoms with E-state index in [0.717, 1.165) is 35.7 Å². The van der Waals surface area contributed by atoms with Gasteiger partial charge in [-0.2, -0.15) is 5.10 Å². The lowest BCUT2D eigenvalue weighted by atomic mass is 9.98. The van der Waals surface area contributed by atoms with E-state index in [1.54, 1.807) is 13.3 Å². The Morgan fingerprint density at radius 3 is 3.10 bits per heavy atom. The van der Waals surface area contributed by atoms with Gasteiger partial charge in [0, 0.05) is 45.0 Å². The lowest BCUT2D eigenvalue weighted by molar-refractivity contribution is -0.127. The number of nitrogens with zero attached hydrogens (tertiary/aromatic N) is 4. The van der Waals surface area contributed by atoms with Gasteiger partial charge in [-0.1, -0.05) is 6.07 Å². The molecule has 0 spiro atoms. The van der Waals surface area contributed by atoms with Crippen molar-refractivity contribution >= 4 is 11.6 Å². The van der Waals surface area contributed by atoms with Crippen LogP contribution in [-0.4, -0.2) is 45.4 Å². The number of hydrogen-bond acceptors (Lipinski definition) is 5. The van der Waals surface area contributed by atoms with Crippen molar-refractivity contribution in [3.8, 4) is 0 Å². The summed E-state index contributed by atoms with van der Waals surface area (Å²) in [5.41, 5.74) is 3.78. The minimum absolute atomic E-state index is 0.00841. The number of carbonyl (C=O) groups is 1. The van der Waals surface area contributed by atoms with E-state index < -0.39 is 0 Å². The molecular weight excluding hydrogens is 370 g/mol. The molecule has 0 aromatic carbocycles. The molecular formula is C21H27N5O3. The number of ether oxygens (including phenoxy) is 2. The van der Waals surface area contributed by atoms with Gasteiger partial charge in [0.25, 0.3) is 0 Å². The van der Waals surface area contributed by atoms with E-state index >= 15 is 0 Å². The molecule has 0 saturated carbocycles. The minimum Gasteiger partial charge on any atom is -0.385 e. The Morgan fingerprint density at radius 1 is 1.38 bits per heavy atom. The standard InChI is InChI=1S/C21H27N5O3/c1-15-5-3-6-19-24-16(14-25(15)19)13-22-21(27)17-8-12-29-20(17)18-7-9-23-26(18)10-4-11-28-2/h3,5-7,9,14,17,20H,4,8,10-13H2,1-2H3,(H,22,27)/t17-,20-/m0/s1. The number of methoxy groups -OCH3 is 1. The van der Waals surface area contributed by atoms with Crippen LogP contribution in [0.5, 0.6) is 0 Å². The lowest BCUT2D eigenvalue weighted by Gasteiger charge is -2.19. The summed E-state index contributed by atoms with van der Waals surface area (Å²) < 4.78 is 15.0. The van der Waals surface area contributed by atoms with E-state index in [2.05, 4.69) is 15.4 Å². The smallest absolute Gasteiger partial charge is 0.226 e. The zero-order valence-corrected chi connectivity index (χ0v) is 16.9. The van der Waals surface area contributed by atoms with Crippen LogP contribution in [0.25, 0.3) is 5.65 Å². The fraction of sp³-hybridized carbons (Fsp3) is 0.476. The summed E-state index contributed by atoms with van der Waals surface area (Å²) in [6.07, 6.45) is 5.02. The highest BCUT2D eigenvalue weighted by atomic mass is 16.5. The number of nitrogens with one attached hydrogen (secondary N) is 1. The highest BCUT2D eigenvalue weighted by Crippen LogP contribution is 2.34. The molecule has 2 atom stereocenters. The molecule has 154 valence electrons.